The molecule has 30 heavy (non-hydrogen) atoms. The minimum atomic E-state index is -4.64. The van der Waals surface area contributed by atoms with E-state index in [0.717, 1.165) is 0 Å². The largest absolute Gasteiger partial charge is 0.406 e. The van der Waals surface area contributed by atoms with Crippen LogP contribution in [0.15, 0.2) is 24.4 Å². The fourth-order valence-electron chi connectivity index (χ4n) is 4.08. The van der Waals surface area contributed by atoms with Crippen LogP contribution in [0.1, 0.15) is 29.0 Å². The van der Waals surface area contributed by atoms with Crippen LogP contribution in [-0.4, -0.2) is 80.3 Å². The number of alkyl halides is 3. The molecule has 0 spiro atoms. The van der Waals surface area contributed by atoms with Crippen LogP contribution in [-0.2, 0) is 4.79 Å². The second kappa shape index (κ2) is 7.29. The number of halogens is 3. The van der Waals surface area contributed by atoms with Gasteiger partial charge in [0, 0.05) is 25.3 Å². The van der Waals surface area contributed by atoms with Gasteiger partial charge in [-0.2, -0.15) is 13.2 Å². The molecule has 2 aromatic heterocycles. The Balaban J connectivity index is 1.43. The molecule has 4 heterocycles. The van der Waals surface area contributed by atoms with E-state index < -0.39 is 24.7 Å². The van der Waals surface area contributed by atoms with Gasteiger partial charge in [0.05, 0.1) is 5.69 Å². The minimum Gasteiger partial charge on any atom is -0.337 e. The molecule has 0 bridgehead atoms. The summed E-state index contributed by atoms with van der Waals surface area (Å²) < 4.78 is 39.6. The van der Waals surface area contributed by atoms with Gasteiger partial charge in [-0.25, -0.2) is 9.78 Å². The third kappa shape index (κ3) is 3.59. The summed E-state index contributed by atoms with van der Waals surface area (Å²) in [5, 5.41) is 0. The number of rotatable bonds is 3. The number of imidazole rings is 1. The Kier molecular flexibility index (Phi) is 4.91. The van der Waals surface area contributed by atoms with Crippen molar-refractivity contribution >= 4 is 23.5 Å². The molecule has 2 saturated heterocycles. The first-order chi connectivity index (χ1) is 14.2. The number of hydrogen-bond donors (Lipinski definition) is 0. The smallest absolute Gasteiger partial charge is 0.337 e. The molecule has 4 rings (SSSR count). The lowest BCUT2D eigenvalue weighted by Gasteiger charge is -2.36. The van der Waals surface area contributed by atoms with Crippen molar-refractivity contribution < 1.29 is 27.6 Å². The highest BCUT2D eigenvalue weighted by Gasteiger charge is 2.45. The molecular weight excluding hydrogens is 403 g/mol. The Morgan fingerprint density at radius 1 is 1.20 bits per heavy atom. The Hall–Kier alpha value is -3.11. The van der Waals surface area contributed by atoms with E-state index in [4.69, 9.17) is 0 Å². The quantitative estimate of drug-likeness (QED) is 0.709. The Labute approximate surface area is 169 Å². The molecule has 11 heteroatoms. The van der Waals surface area contributed by atoms with Gasteiger partial charge < -0.3 is 9.80 Å². The molecule has 2 aromatic rings. The number of urea groups is 1. The average Bonchev–Trinajstić information content (AvgIpc) is 3.17. The molecule has 0 aliphatic carbocycles. The molecule has 8 nitrogen and oxygen atoms in total. The van der Waals surface area contributed by atoms with Crippen LogP contribution < -0.4 is 0 Å². The van der Waals surface area contributed by atoms with Crippen molar-refractivity contribution in [3.8, 4) is 0 Å². The highest BCUT2D eigenvalue weighted by molar-refractivity contribution is 6.02. The second-order valence-electron chi connectivity index (χ2n) is 7.50. The number of carbonyl (C=O) groups is 3. The highest BCUT2D eigenvalue weighted by atomic mass is 19.4. The first-order valence-electron chi connectivity index (χ1n) is 9.56. The van der Waals surface area contributed by atoms with Crippen molar-refractivity contribution in [2.75, 3.05) is 26.2 Å². The van der Waals surface area contributed by atoms with Crippen molar-refractivity contribution in [2.24, 2.45) is 0 Å². The molecule has 0 N–H and O–H groups in total. The lowest BCUT2D eigenvalue weighted by molar-refractivity contribution is -0.151. The maximum absolute atomic E-state index is 13.0. The SMILES string of the molecule is Cc1nc2ccccn2c1C(=O)N1CCC(N2CC(=O)N(CC(F)(F)F)C2=O)CC1. The molecule has 0 radical (unpaired) electrons. The standard InChI is InChI=1S/C19H20F3N5O3/c1-12-16(25-7-3-2-4-14(25)23-12)17(29)24-8-5-13(6-9-24)26-10-15(28)27(18(26)30)11-19(20,21)22/h2-4,7,13H,5-6,8-11H2,1H3. The Morgan fingerprint density at radius 2 is 1.90 bits per heavy atom. The first kappa shape index (κ1) is 20.2. The fraction of sp³-hybridized carbons (Fsp3) is 0.474. The number of piperidine rings is 1. The second-order valence-corrected chi connectivity index (χ2v) is 7.50. The van der Waals surface area contributed by atoms with E-state index >= 15 is 0 Å². The minimum absolute atomic E-state index is 0.188. The molecule has 0 atom stereocenters. The van der Waals surface area contributed by atoms with Crippen LogP contribution in [0.25, 0.3) is 5.65 Å². The van der Waals surface area contributed by atoms with Crippen LogP contribution in [0.4, 0.5) is 18.0 Å². The number of imide groups is 1. The summed E-state index contributed by atoms with van der Waals surface area (Å²) in [6, 6.07) is 4.14. The molecular formula is C19H20F3N5O3. The fourth-order valence-corrected chi connectivity index (χ4v) is 4.08. The number of likely N-dealkylation sites (tertiary alicyclic amines) is 1. The topological polar surface area (TPSA) is 78.2 Å². The van der Waals surface area contributed by atoms with Crippen LogP contribution in [0.5, 0.6) is 0 Å². The van der Waals surface area contributed by atoms with E-state index in [9.17, 15) is 27.6 Å². The molecule has 4 amide bonds. The van der Waals surface area contributed by atoms with E-state index in [1.807, 2.05) is 6.07 Å². The third-order valence-electron chi connectivity index (χ3n) is 5.52. The number of pyridine rings is 1. The molecule has 2 aliphatic heterocycles. The van der Waals surface area contributed by atoms with Gasteiger partial charge in [-0.3, -0.25) is 18.9 Å². The highest BCUT2D eigenvalue weighted by Crippen LogP contribution is 2.26. The Morgan fingerprint density at radius 3 is 2.57 bits per heavy atom. The zero-order valence-corrected chi connectivity index (χ0v) is 16.2. The van der Waals surface area contributed by atoms with Crippen molar-refractivity contribution in [1.29, 1.82) is 0 Å². The lowest BCUT2D eigenvalue weighted by Crippen LogP contribution is -2.48. The van der Waals surface area contributed by atoms with E-state index in [1.54, 1.807) is 34.6 Å². The number of aromatic nitrogens is 2. The van der Waals surface area contributed by atoms with Crippen molar-refractivity contribution in [1.82, 2.24) is 24.1 Å². The van der Waals surface area contributed by atoms with Crippen LogP contribution in [0, 0.1) is 6.92 Å². The number of hydrogen-bond acceptors (Lipinski definition) is 4. The zero-order valence-electron chi connectivity index (χ0n) is 16.2. The van der Waals surface area contributed by atoms with Gasteiger partial charge in [-0.15, -0.1) is 0 Å². The number of carbonyl (C=O) groups excluding carboxylic acids is 3. The van der Waals surface area contributed by atoms with Crippen molar-refractivity contribution in [3.63, 3.8) is 0 Å². The van der Waals surface area contributed by atoms with Crippen molar-refractivity contribution in [3.05, 3.63) is 35.8 Å². The number of fused-ring (bicyclic) bond motifs is 1. The maximum Gasteiger partial charge on any atom is 0.406 e. The Bertz CT molecular complexity index is 1010. The molecule has 0 aromatic carbocycles. The van der Waals surface area contributed by atoms with Gasteiger partial charge in [-0.1, -0.05) is 6.07 Å². The molecule has 0 saturated carbocycles. The summed E-state index contributed by atoms with van der Waals surface area (Å²) in [6.45, 7) is 0.489. The maximum atomic E-state index is 13.0. The van der Waals surface area contributed by atoms with Crippen LogP contribution in [0.2, 0.25) is 0 Å². The van der Waals surface area contributed by atoms with Gasteiger partial charge in [0.15, 0.2) is 0 Å². The van der Waals surface area contributed by atoms with Crippen LogP contribution >= 0.6 is 0 Å². The summed E-state index contributed by atoms with van der Waals surface area (Å²) in [5.41, 5.74) is 1.74. The van der Waals surface area contributed by atoms with E-state index in [2.05, 4.69) is 4.98 Å². The van der Waals surface area contributed by atoms with E-state index in [0.29, 0.717) is 43.0 Å². The first-order valence-corrected chi connectivity index (χ1v) is 9.56. The lowest BCUT2D eigenvalue weighted by atomic mass is 10.0. The number of amides is 4. The molecule has 0 unspecified atom stereocenters. The number of aryl methyl sites for hydroxylation is 1. The average molecular weight is 423 g/mol. The summed E-state index contributed by atoms with van der Waals surface area (Å²) in [5.74, 6) is -1.04. The third-order valence-corrected chi connectivity index (χ3v) is 5.52. The summed E-state index contributed by atoms with van der Waals surface area (Å²) in [6.07, 6.45) is -2.09. The van der Waals surface area contributed by atoms with Crippen molar-refractivity contribution in [2.45, 2.75) is 32.0 Å². The number of nitrogens with zero attached hydrogens (tertiary/aromatic N) is 5. The summed E-state index contributed by atoms with van der Waals surface area (Å²) in [4.78, 5) is 44.7. The van der Waals surface area contributed by atoms with E-state index in [-0.39, 0.29) is 23.4 Å². The van der Waals surface area contributed by atoms with E-state index in [1.165, 1.54) is 4.90 Å². The van der Waals surface area contributed by atoms with Gasteiger partial charge in [0.25, 0.3) is 11.8 Å². The van der Waals surface area contributed by atoms with Gasteiger partial charge in [0.1, 0.15) is 24.4 Å². The zero-order chi connectivity index (χ0) is 21.6. The summed E-state index contributed by atoms with van der Waals surface area (Å²) >= 11 is 0. The predicted octanol–water partition coefficient (Wildman–Crippen LogP) is 2.07. The predicted molar refractivity (Wildman–Crippen MR) is 98.7 cm³/mol. The van der Waals surface area contributed by atoms with Gasteiger partial charge in [-0.05, 0) is 31.9 Å². The monoisotopic (exact) mass is 423 g/mol. The molecule has 160 valence electrons. The normalized spacial score (nSPS) is 18.7. The van der Waals surface area contributed by atoms with Crippen LogP contribution in [0.3, 0.4) is 0 Å². The van der Waals surface area contributed by atoms with Gasteiger partial charge in [0.2, 0.25) is 0 Å². The molecule has 2 fully saturated rings. The van der Waals surface area contributed by atoms with Gasteiger partial charge >= 0.3 is 12.2 Å². The summed E-state index contributed by atoms with van der Waals surface area (Å²) in [7, 11) is 0. The molecule has 2 aliphatic rings.